The van der Waals surface area contributed by atoms with Crippen LogP contribution < -0.4 is 4.90 Å². The molecule has 19 heavy (non-hydrogen) atoms. The van der Waals surface area contributed by atoms with Crippen molar-refractivity contribution in [3.8, 4) is 6.07 Å². The minimum absolute atomic E-state index is 0.639. The zero-order valence-corrected chi connectivity index (χ0v) is 12.7. The van der Waals surface area contributed by atoms with Crippen LogP contribution in [0.4, 0.5) is 5.69 Å². The highest BCUT2D eigenvalue weighted by molar-refractivity contribution is 9.10. The number of nitriles is 1. The normalized spacial score (nSPS) is 10.0. The second-order valence-electron chi connectivity index (χ2n) is 4.26. The van der Waals surface area contributed by atoms with Crippen LogP contribution in [0.3, 0.4) is 0 Å². The number of halogens is 2. The highest BCUT2D eigenvalue weighted by Crippen LogP contribution is 2.24. The fourth-order valence-corrected chi connectivity index (χ4v) is 2.50. The first kappa shape index (κ1) is 13.9. The summed E-state index contributed by atoms with van der Waals surface area (Å²) in [5.41, 5.74) is 2.83. The molecule has 0 bridgehead atoms. The van der Waals surface area contributed by atoms with Crippen molar-refractivity contribution in [2.24, 2.45) is 0 Å². The quantitative estimate of drug-likeness (QED) is 0.819. The van der Waals surface area contributed by atoms with E-state index in [9.17, 15) is 0 Å². The number of benzene rings is 2. The predicted octanol–water partition coefficient (Wildman–Crippen LogP) is 4.61. The number of hydrogen-bond donors (Lipinski definition) is 0. The molecule has 0 aromatic heterocycles. The van der Waals surface area contributed by atoms with Gasteiger partial charge in [0.25, 0.3) is 0 Å². The van der Waals surface area contributed by atoms with Gasteiger partial charge in [-0.2, -0.15) is 5.26 Å². The van der Waals surface area contributed by atoms with Crippen LogP contribution in [0.25, 0.3) is 0 Å². The molecule has 0 aliphatic carbocycles. The molecule has 2 aromatic carbocycles. The largest absolute Gasteiger partial charge is 0.370 e. The van der Waals surface area contributed by atoms with Gasteiger partial charge in [-0.1, -0.05) is 23.7 Å². The fraction of sp³-hybridized carbons (Fsp3) is 0.133. The smallest absolute Gasteiger partial charge is 0.100 e. The first-order valence-electron chi connectivity index (χ1n) is 5.75. The number of rotatable bonds is 3. The van der Waals surface area contributed by atoms with E-state index in [0.717, 1.165) is 27.3 Å². The summed E-state index contributed by atoms with van der Waals surface area (Å²) in [6.45, 7) is 0.763. The molecule has 0 heterocycles. The summed E-state index contributed by atoms with van der Waals surface area (Å²) in [6, 6.07) is 15.6. The molecule has 0 fully saturated rings. The van der Waals surface area contributed by atoms with Gasteiger partial charge in [-0.15, -0.1) is 0 Å². The SMILES string of the molecule is CN(Cc1cccc(Cl)c1)c1ccc(C#N)c(Br)c1. The molecular formula is C15H12BrClN2. The van der Waals surface area contributed by atoms with E-state index in [1.807, 2.05) is 49.5 Å². The van der Waals surface area contributed by atoms with Crippen LogP contribution in [0.2, 0.25) is 5.02 Å². The summed E-state index contributed by atoms with van der Waals surface area (Å²) >= 11 is 9.38. The summed E-state index contributed by atoms with van der Waals surface area (Å²) in [7, 11) is 2.01. The van der Waals surface area contributed by atoms with Gasteiger partial charge in [0.15, 0.2) is 0 Å². The van der Waals surface area contributed by atoms with Gasteiger partial charge in [-0.3, -0.25) is 0 Å². The standard InChI is InChI=1S/C15H12BrClN2/c1-19(10-11-3-2-4-13(17)7-11)14-6-5-12(9-18)15(16)8-14/h2-8H,10H2,1H3. The predicted molar refractivity (Wildman–Crippen MR) is 82.4 cm³/mol. The maximum Gasteiger partial charge on any atom is 0.100 e. The number of hydrogen-bond acceptors (Lipinski definition) is 2. The maximum absolute atomic E-state index is 8.91. The first-order valence-corrected chi connectivity index (χ1v) is 6.92. The van der Waals surface area contributed by atoms with E-state index in [0.29, 0.717) is 5.56 Å². The van der Waals surface area contributed by atoms with Gasteiger partial charge >= 0.3 is 0 Å². The molecule has 0 aliphatic heterocycles. The van der Waals surface area contributed by atoms with E-state index in [2.05, 4.69) is 26.9 Å². The average Bonchev–Trinajstić information content (AvgIpc) is 2.38. The highest BCUT2D eigenvalue weighted by atomic mass is 79.9. The van der Waals surface area contributed by atoms with E-state index in [1.54, 1.807) is 0 Å². The van der Waals surface area contributed by atoms with Crippen LogP contribution in [0.5, 0.6) is 0 Å². The molecule has 0 saturated carbocycles. The Kier molecular flexibility index (Phi) is 4.47. The molecule has 2 aromatic rings. The van der Waals surface area contributed by atoms with Crippen molar-refractivity contribution in [1.29, 1.82) is 5.26 Å². The van der Waals surface area contributed by atoms with Gasteiger partial charge in [-0.25, -0.2) is 0 Å². The highest BCUT2D eigenvalue weighted by Gasteiger charge is 2.06. The average molecular weight is 336 g/mol. The Balaban J connectivity index is 2.18. The van der Waals surface area contributed by atoms with Gasteiger partial charge in [0.1, 0.15) is 6.07 Å². The summed E-state index contributed by atoms with van der Waals surface area (Å²) < 4.78 is 0.811. The fourth-order valence-electron chi connectivity index (χ4n) is 1.83. The van der Waals surface area contributed by atoms with E-state index < -0.39 is 0 Å². The third-order valence-corrected chi connectivity index (χ3v) is 3.71. The van der Waals surface area contributed by atoms with E-state index in [-0.39, 0.29) is 0 Å². The molecular weight excluding hydrogens is 324 g/mol. The van der Waals surface area contributed by atoms with E-state index in [1.165, 1.54) is 0 Å². The zero-order chi connectivity index (χ0) is 13.8. The van der Waals surface area contributed by atoms with Crippen molar-refractivity contribution in [2.45, 2.75) is 6.54 Å². The molecule has 0 unspecified atom stereocenters. The maximum atomic E-state index is 8.91. The van der Waals surface area contributed by atoms with Crippen molar-refractivity contribution in [1.82, 2.24) is 0 Å². The Hall–Kier alpha value is -1.50. The van der Waals surface area contributed by atoms with Gasteiger partial charge in [0, 0.05) is 28.8 Å². The third kappa shape index (κ3) is 3.50. The van der Waals surface area contributed by atoms with Gasteiger partial charge in [-0.05, 0) is 51.8 Å². The lowest BCUT2D eigenvalue weighted by atomic mass is 10.2. The van der Waals surface area contributed by atoms with Gasteiger partial charge in [0.2, 0.25) is 0 Å². The van der Waals surface area contributed by atoms with Crippen LogP contribution in [-0.2, 0) is 6.54 Å². The Bertz CT molecular complexity index is 634. The zero-order valence-electron chi connectivity index (χ0n) is 10.4. The summed E-state index contributed by atoms with van der Waals surface area (Å²) in [5.74, 6) is 0. The lowest BCUT2D eigenvalue weighted by molar-refractivity contribution is 0.922. The lowest BCUT2D eigenvalue weighted by Gasteiger charge is -2.20. The molecule has 0 spiro atoms. The Morgan fingerprint density at radius 2 is 2.05 bits per heavy atom. The van der Waals surface area contributed by atoms with Crippen LogP contribution >= 0.6 is 27.5 Å². The minimum atomic E-state index is 0.639. The van der Waals surface area contributed by atoms with Gasteiger partial charge in [0.05, 0.1) is 5.56 Å². The summed E-state index contributed by atoms with van der Waals surface area (Å²) in [5, 5.41) is 9.65. The summed E-state index contributed by atoms with van der Waals surface area (Å²) in [6.07, 6.45) is 0. The van der Waals surface area contributed by atoms with Crippen LogP contribution in [-0.4, -0.2) is 7.05 Å². The summed E-state index contributed by atoms with van der Waals surface area (Å²) in [4.78, 5) is 2.11. The number of nitrogens with zero attached hydrogens (tertiary/aromatic N) is 2. The van der Waals surface area contributed by atoms with Crippen molar-refractivity contribution in [3.63, 3.8) is 0 Å². The minimum Gasteiger partial charge on any atom is -0.370 e. The molecule has 96 valence electrons. The first-order chi connectivity index (χ1) is 9.10. The Morgan fingerprint density at radius 1 is 1.26 bits per heavy atom. The number of anilines is 1. The van der Waals surface area contributed by atoms with E-state index >= 15 is 0 Å². The molecule has 4 heteroatoms. The molecule has 0 saturated heterocycles. The topological polar surface area (TPSA) is 27.0 Å². The van der Waals surface area contributed by atoms with Crippen molar-refractivity contribution in [3.05, 3.63) is 63.1 Å². The second-order valence-corrected chi connectivity index (χ2v) is 5.55. The molecule has 0 aliphatic rings. The third-order valence-electron chi connectivity index (χ3n) is 2.82. The monoisotopic (exact) mass is 334 g/mol. The Labute approximate surface area is 126 Å². The second kappa shape index (κ2) is 6.10. The Morgan fingerprint density at radius 3 is 2.68 bits per heavy atom. The molecule has 0 atom stereocenters. The molecule has 0 N–H and O–H groups in total. The van der Waals surface area contributed by atoms with Crippen molar-refractivity contribution in [2.75, 3.05) is 11.9 Å². The van der Waals surface area contributed by atoms with E-state index in [4.69, 9.17) is 16.9 Å². The van der Waals surface area contributed by atoms with Crippen molar-refractivity contribution >= 4 is 33.2 Å². The molecule has 0 radical (unpaired) electrons. The van der Waals surface area contributed by atoms with Crippen LogP contribution in [0.15, 0.2) is 46.9 Å². The molecule has 2 nitrogen and oxygen atoms in total. The lowest BCUT2D eigenvalue weighted by Crippen LogP contribution is -2.16. The molecule has 2 rings (SSSR count). The van der Waals surface area contributed by atoms with Crippen LogP contribution in [0.1, 0.15) is 11.1 Å². The van der Waals surface area contributed by atoms with Crippen molar-refractivity contribution < 1.29 is 0 Å². The van der Waals surface area contributed by atoms with Crippen LogP contribution in [0, 0.1) is 11.3 Å². The molecule has 0 amide bonds. The van der Waals surface area contributed by atoms with Gasteiger partial charge < -0.3 is 4.90 Å².